The normalized spacial score (nSPS) is 19.2. The van der Waals surface area contributed by atoms with E-state index in [0.29, 0.717) is 13.1 Å². The molecule has 0 aliphatic carbocycles. The van der Waals surface area contributed by atoms with Crippen LogP contribution in [0, 0.1) is 6.92 Å². The van der Waals surface area contributed by atoms with Gasteiger partial charge in [0.05, 0.1) is 6.33 Å². The predicted octanol–water partition coefficient (Wildman–Crippen LogP) is 1.34. The van der Waals surface area contributed by atoms with E-state index in [-0.39, 0.29) is 10.9 Å². The minimum Gasteiger partial charge on any atom is -0.388 e. The third kappa shape index (κ3) is 3.09. The molecule has 0 unspecified atom stereocenters. The van der Waals surface area contributed by atoms with E-state index in [1.165, 1.54) is 16.8 Å². The largest absolute Gasteiger partial charge is 0.388 e. The van der Waals surface area contributed by atoms with Gasteiger partial charge in [-0.3, -0.25) is 4.98 Å². The van der Waals surface area contributed by atoms with E-state index >= 15 is 0 Å². The number of rotatable bonds is 4. The van der Waals surface area contributed by atoms with Gasteiger partial charge < -0.3 is 9.88 Å². The molecule has 0 radical (unpaired) electrons. The molecule has 0 amide bonds. The van der Waals surface area contributed by atoms with Gasteiger partial charge in [0.2, 0.25) is 0 Å². The van der Waals surface area contributed by atoms with Crippen LogP contribution in [0.5, 0.6) is 0 Å². The van der Waals surface area contributed by atoms with Gasteiger partial charge in [-0.1, -0.05) is 0 Å². The van der Waals surface area contributed by atoms with Gasteiger partial charge in [-0.2, -0.15) is 4.31 Å². The lowest BCUT2D eigenvalue weighted by Crippen LogP contribution is -2.29. The molecule has 1 aliphatic heterocycles. The summed E-state index contributed by atoms with van der Waals surface area (Å²) in [5, 5.41) is 3.22. The number of hydrogen-bond donors (Lipinski definition) is 1. The molecule has 0 aromatic carbocycles. The highest BCUT2D eigenvalue weighted by Gasteiger charge is 2.35. The SMILES string of the molecule is CNc1cc(C)nc([C@@H]2CCN(S(=O)(=O)c3cn(C)cn3)C2)c1. The van der Waals surface area contributed by atoms with Gasteiger partial charge in [0, 0.05) is 56.4 Å². The van der Waals surface area contributed by atoms with Crippen molar-refractivity contribution in [2.24, 2.45) is 7.05 Å². The smallest absolute Gasteiger partial charge is 0.262 e. The van der Waals surface area contributed by atoms with Crippen LogP contribution < -0.4 is 5.32 Å². The topological polar surface area (TPSA) is 80.1 Å². The first-order chi connectivity index (χ1) is 10.9. The lowest BCUT2D eigenvalue weighted by molar-refractivity contribution is 0.469. The van der Waals surface area contributed by atoms with E-state index in [9.17, 15) is 8.42 Å². The molecule has 2 aromatic rings. The Bertz CT molecular complexity index is 815. The van der Waals surface area contributed by atoms with Crippen LogP contribution >= 0.6 is 0 Å². The molecule has 0 spiro atoms. The monoisotopic (exact) mass is 335 g/mol. The van der Waals surface area contributed by atoms with E-state index < -0.39 is 10.0 Å². The minimum absolute atomic E-state index is 0.105. The average Bonchev–Trinajstić information content (AvgIpc) is 3.16. The fraction of sp³-hybridized carbons (Fsp3) is 0.467. The van der Waals surface area contributed by atoms with Crippen molar-refractivity contribution in [3.05, 3.63) is 36.0 Å². The lowest BCUT2D eigenvalue weighted by Gasteiger charge is -2.15. The number of nitrogens with one attached hydrogen (secondary N) is 1. The summed E-state index contributed by atoms with van der Waals surface area (Å²) in [5.74, 6) is 0.112. The molecule has 3 rings (SSSR count). The second-order valence-electron chi connectivity index (χ2n) is 5.90. The van der Waals surface area contributed by atoms with E-state index in [1.54, 1.807) is 11.6 Å². The van der Waals surface area contributed by atoms with Crippen LogP contribution in [0.4, 0.5) is 5.69 Å². The van der Waals surface area contributed by atoms with Crippen LogP contribution in [0.15, 0.2) is 29.7 Å². The maximum Gasteiger partial charge on any atom is 0.262 e. The van der Waals surface area contributed by atoms with Crippen LogP contribution in [-0.4, -0.2) is 47.4 Å². The molecular formula is C15H21N5O2S. The summed E-state index contributed by atoms with van der Waals surface area (Å²) in [6, 6.07) is 3.97. The Morgan fingerprint density at radius 1 is 1.35 bits per heavy atom. The summed E-state index contributed by atoms with van der Waals surface area (Å²) in [5.41, 5.74) is 2.87. The third-order valence-electron chi connectivity index (χ3n) is 4.12. The van der Waals surface area contributed by atoms with Crippen molar-refractivity contribution < 1.29 is 8.42 Å². The zero-order valence-corrected chi connectivity index (χ0v) is 14.3. The van der Waals surface area contributed by atoms with Crippen molar-refractivity contribution in [3.8, 4) is 0 Å². The Kier molecular flexibility index (Phi) is 4.11. The lowest BCUT2D eigenvalue weighted by atomic mass is 10.0. The van der Waals surface area contributed by atoms with Gasteiger partial charge in [-0.25, -0.2) is 13.4 Å². The summed E-state index contributed by atoms with van der Waals surface area (Å²) < 4.78 is 28.4. The molecule has 0 saturated carbocycles. The first kappa shape index (κ1) is 15.9. The van der Waals surface area contributed by atoms with Crippen molar-refractivity contribution in [3.63, 3.8) is 0 Å². The molecule has 1 aliphatic rings. The Hall–Kier alpha value is -1.93. The van der Waals surface area contributed by atoms with Crippen molar-refractivity contribution >= 4 is 15.7 Å². The van der Waals surface area contributed by atoms with Crippen molar-refractivity contribution in [2.45, 2.75) is 24.3 Å². The predicted molar refractivity (Wildman–Crippen MR) is 87.8 cm³/mol. The summed E-state index contributed by atoms with van der Waals surface area (Å²) in [4.78, 5) is 8.55. The number of aromatic nitrogens is 3. The molecule has 7 nitrogen and oxygen atoms in total. The molecule has 3 heterocycles. The quantitative estimate of drug-likeness (QED) is 0.912. The molecule has 8 heteroatoms. The Labute approximate surface area is 136 Å². The second-order valence-corrected chi connectivity index (χ2v) is 7.78. The minimum atomic E-state index is -3.53. The van der Waals surface area contributed by atoms with Crippen LogP contribution in [0.25, 0.3) is 0 Å². The van der Waals surface area contributed by atoms with E-state index in [1.807, 2.05) is 26.1 Å². The van der Waals surface area contributed by atoms with E-state index in [4.69, 9.17) is 0 Å². The molecule has 1 atom stereocenters. The van der Waals surface area contributed by atoms with Gasteiger partial charge in [-0.15, -0.1) is 0 Å². The number of pyridine rings is 1. The molecular weight excluding hydrogens is 314 g/mol. The maximum atomic E-state index is 12.6. The van der Waals surface area contributed by atoms with Crippen LogP contribution in [0.3, 0.4) is 0 Å². The van der Waals surface area contributed by atoms with Crippen molar-refractivity contribution in [1.82, 2.24) is 18.8 Å². The van der Waals surface area contributed by atoms with E-state index in [2.05, 4.69) is 15.3 Å². The molecule has 0 bridgehead atoms. The Morgan fingerprint density at radius 2 is 2.13 bits per heavy atom. The number of sulfonamides is 1. The fourth-order valence-corrected chi connectivity index (χ4v) is 4.36. The van der Waals surface area contributed by atoms with Crippen LogP contribution in [-0.2, 0) is 17.1 Å². The standard InChI is InChI=1S/C15H21N5O2S/c1-11-6-13(16-2)7-14(18-11)12-4-5-20(8-12)23(21,22)15-9-19(3)10-17-15/h6-7,9-10,12H,4-5,8H2,1-3H3,(H,16,18)/t12-/m1/s1. The van der Waals surface area contributed by atoms with Gasteiger partial charge in [0.15, 0.2) is 5.03 Å². The van der Waals surface area contributed by atoms with Gasteiger partial charge in [0.25, 0.3) is 10.0 Å². The Morgan fingerprint density at radius 3 is 2.78 bits per heavy atom. The molecule has 1 saturated heterocycles. The third-order valence-corrected chi connectivity index (χ3v) is 5.87. The van der Waals surface area contributed by atoms with Crippen molar-refractivity contribution in [1.29, 1.82) is 0 Å². The Balaban J connectivity index is 1.82. The number of imidazole rings is 1. The summed E-state index contributed by atoms with van der Waals surface area (Å²) >= 11 is 0. The average molecular weight is 335 g/mol. The number of nitrogens with zero attached hydrogens (tertiary/aromatic N) is 4. The molecule has 1 N–H and O–H groups in total. The highest BCUT2D eigenvalue weighted by atomic mass is 32.2. The second kappa shape index (κ2) is 5.93. The summed E-state index contributed by atoms with van der Waals surface area (Å²) in [6.07, 6.45) is 3.81. The zero-order valence-electron chi connectivity index (χ0n) is 13.5. The van der Waals surface area contributed by atoms with Crippen LogP contribution in [0.2, 0.25) is 0 Å². The maximum absolute atomic E-state index is 12.6. The summed E-state index contributed by atoms with van der Waals surface area (Å²) in [6.45, 7) is 2.88. The first-order valence-corrected chi connectivity index (χ1v) is 8.98. The highest BCUT2D eigenvalue weighted by Crippen LogP contribution is 2.31. The first-order valence-electron chi connectivity index (χ1n) is 7.54. The number of aryl methyl sites for hydroxylation is 2. The van der Waals surface area contributed by atoms with Gasteiger partial charge in [0.1, 0.15) is 0 Å². The van der Waals surface area contributed by atoms with Crippen LogP contribution in [0.1, 0.15) is 23.7 Å². The van der Waals surface area contributed by atoms with Gasteiger partial charge in [-0.05, 0) is 25.5 Å². The van der Waals surface area contributed by atoms with E-state index in [0.717, 1.165) is 23.5 Å². The van der Waals surface area contributed by atoms with Gasteiger partial charge >= 0.3 is 0 Å². The highest BCUT2D eigenvalue weighted by molar-refractivity contribution is 7.89. The molecule has 1 fully saturated rings. The van der Waals surface area contributed by atoms with Crippen molar-refractivity contribution in [2.75, 3.05) is 25.5 Å². The number of anilines is 1. The number of hydrogen-bond acceptors (Lipinski definition) is 5. The fourth-order valence-electron chi connectivity index (χ4n) is 2.89. The molecule has 23 heavy (non-hydrogen) atoms. The zero-order chi connectivity index (χ0) is 16.6. The summed E-state index contributed by atoms with van der Waals surface area (Å²) in [7, 11) is 0.0982. The molecule has 124 valence electrons. The molecule has 2 aromatic heterocycles.